The summed E-state index contributed by atoms with van der Waals surface area (Å²) in [5, 5.41) is 0. The van der Waals surface area contributed by atoms with E-state index in [0.29, 0.717) is 22.5 Å². The van der Waals surface area contributed by atoms with Crippen LogP contribution in [-0.4, -0.2) is 26.2 Å². The van der Waals surface area contributed by atoms with Gasteiger partial charge in [0.2, 0.25) is 0 Å². The predicted molar refractivity (Wildman–Crippen MR) is 77.4 cm³/mol. The highest BCUT2D eigenvalue weighted by molar-refractivity contribution is 5.91. The minimum absolute atomic E-state index is 0.415. The Morgan fingerprint density at radius 2 is 1.30 bits per heavy atom. The summed E-state index contributed by atoms with van der Waals surface area (Å²) in [5.74, 6) is -0.985. The minimum Gasteiger partial charge on any atom is -0.466 e. The lowest BCUT2D eigenvalue weighted by Crippen LogP contribution is -1.98. The Balaban J connectivity index is 3.09. The molecule has 1 rings (SSSR count). The predicted octanol–water partition coefficient (Wildman–Crippen LogP) is 1.22. The Hall–Kier alpha value is -2.76. The number of carbonyl (C=O) groups is 2. The lowest BCUT2D eigenvalue weighted by molar-refractivity contribution is -0.135. The highest BCUT2D eigenvalue weighted by atomic mass is 16.5. The van der Waals surface area contributed by atoms with E-state index in [9.17, 15) is 9.59 Å². The fourth-order valence-corrected chi connectivity index (χ4v) is 1.41. The van der Waals surface area contributed by atoms with E-state index in [1.54, 1.807) is 12.1 Å². The molecule has 0 unspecified atom stereocenters. The summed E-state index contributed by atoms with van der Waals surface area (Å²) >= 11 is 0. The molecule has 6 nitrogen and oxygen atoms in total. The van der Waals surface area contributed by atoms with E-state index in [2.05, 4.69) is 9.47 Å². The molecule has 0 aliphatic heterocycles. The van der Waals surface area contributed by atoms with Crippen LogP contribution in [0.3, 0.4) is 0 Å². The number of anilines is 2. The van der Waals surface area contributed by atoms with Gasteiger partial charge in [0.15, 0.2) is 0 Å². The van der Waals surface area contributed by atoms with Crippen LogP contribution in [-0.2, 0) is 19.1 Å². The van der Waals surface area contributed by atoms with E-state index in [1.165, 1.54) is 38.5 Å². The van der Waals surface area contributed by atoms with Gasteiger partial charge in [-0.1, -0.05) is 0 Å². The van der Waals surface area contributed by atoms with Gasteiger partial charge >= 0.3 is 11.9 Å². The standard InChI is InChI=1S/C14H16N2O4/c1-19-13(17)5-3-9-7-10(4-6-14(18)20-2)12(16)8-11(9)15/h3-8H,15-16H2,1-2H3. The Bertz CT molecular complexity index is 530. The quantitative estimate of drug-likeness (QED) is 0.487. The van der Waals surface area contributed by atoms with Crippen LogP contribution in [0.4, 0.5) is 11.4 Å². The molecule has 0 saturated carbocycles. The topological polar surface area (TPSA) is 105 Å². The number of methoxy groups -OCH3 is 2. The van der Waals surface area contributed by atoms with Crippen molar-refractivity contribution in [1.29, 1.82) is 0 Å². The number of nitrogens with two attached hydrogens (primary N) is 2. The highest BCUT2D eigenvalue weighted by Gasteiger charge is 2.03. The summed E-state index contributed by atoms with van der Waals surface area (Å²) in [6.45, 7) is 0. The van der Waals surface area contributed by atoms with Crippen molar-refractivity contribution in [2.45, 2.75) is 0 Å². The molecule has 4 N–H and O–H groups in total. The van der Waals surface area contributed by atoms with Crippen molar-refractivity contribution in [2.75, 3.05) is 25.7 Å². The van der Waals surface area contributed by atoms with Crippen molar-refractivity contribution in [3.63, 3.8) is 0 Å². The molecule has 0 radical (unpaired) electrons. The summed E-state index contributed by atoms with van der Waals surface area (Å²) in [4.78, 5) is 22.1. The summed E-state index contributed by atoms with van der Waals surface area (Å²) in [6.07, 6.45) is 5.51. The van der Waals surface area contributed by atoms with Gasteiger partial charge in [-0.25, -0.2) is 9.59 Å². The number of nitrogen functional groups attached to an aromatic ring is 2. The van der Waals surface area contributed by atoms with Crippen LogP contribution in [0.1, 0.15) is 11.1 Å². The Morgan fingerprint density at radius 3 is 1.65 bits per heavy atom. The molecule has 1 aromatic carbocycles. The number of benzene rings is 1. The molecule has 0 aliphatic rings. The first-order valence-corrected chi connectivity index (χ1v) is 5.69. The first-order chi connectivity index (χ1) is 9.47. The smallest absolute Gasteiger partial charge is 0.330 e. The zero-order valence-corrected chi connectivity index (χ0v) is 11.3. The second-order valence-corrected chi connectivity index (χ2v) is 3.82. The zero-order chi connectivity index (χ0) is 15.1. The SMILES string of the molecule is COC(=O)C=Cc1cc(C=CC(=O)OC)c(N)cc1N. The first-order valence-electron chi connectivity index (χ1n) is 5.69. The number of hydrogen-bond donors (Lipinski definition) is 2. The monoisotopic (exact) mass is 276 g/mol. The maximum absolute atomic E-state index is 11.1. The van der Waals surface area contributed by atoms with Crippen LogP contribution in [0.25, 0.3) is 12.2 Å². The summed E-state index contributed by atoms with van der Waals surface area (Å²) in [6, 6.07) is 3.21. The Labute approximate surface area is 116 Å². The summed E-state index contributed by atoms with van der Waals surface area (Å²) in [7, 11) is 2.56. The number of esters is 2. The van der Waals surface area contributed by atoms with E-state index in [-0.39, 0.29) is 0 Å². The molecule has 0 amide bonds. The van der Waals surface area contributed by atoms with E-state index >= 15 is 0 Å². The van der Waals surface area contributed by atoms with Crippen molar-refractivity contribution in [3.8, 4) is 0 Å². The lowest BCUT2D eigenvalue weighted by atomic mass is 10.1. The maximum Gasteiger partial charge on any atom is 0.330 e. The van der Waals surface area contributed by atoms with Gasteiger partial charge in [-0.05, 0) is 35.4 Å². The van der Waals surface area contributed by atoms with Crippen LogP contribution in [0.2, 0.25) is 0 Å². The fourth-order valence-electron chi connectivity index (χ4n) is 1.41. The highest BCUT2D eigenvalue weighted by Crippen LogP contribution is 2.23. The average molecular weight is 276 g/mol. The molecule has 106 valence electrons. The van der Waals surface area contributed by atoms with Crippen LogP contribution >= 0.6 is 0 Å². The molecule has 0 bridgehead atoms. The number of ether oxygens (including phenoxy) is 2. The Morgan fingerprint density at radius 1 is 0.900 bits per heavy atom. The Kier molecular flexibility index (Phi) is 5.34. The molecule has 0 aromatic heterocycles. The van der Waals surface area contributed by atoms with Crippen molar-refractivity contribution in [3.05, 3.63) is 35.4 Å². The van der Waals surface area contributed by atoms with Crippen LogP contribution in [0, 0.1) is 0 Å². The van der Waals surface area contributed by atoms with Gasteiger partial charge in [-0.15, -0.1) is 0 Å². The zero-order valence-electron chi connectivity index (χ0n) is 11.3. The molecule has 0 atom stereocenters. The molecule has 6 heteroatoms. The molecule has 20 heavy (non-hydrogen) atoms. The fraction of sp³-hybridized carbons (Fsp3) is 0.143. The summed E-state index contributed by atoms with van der Waals surface area (Å²) < 4.78 is 8.99. The van der Waals surface area contributed by atoms with Gasteiger partial charge in [0, 0.05) is 23.5 Å². The van der Waals surface area contributed by atoms with Crippen molar-refractivity contribution < 1.29 is 19.1 Å². The van der Waals surface area contributed by atoms with Gasteiger partial charge in [0.25, 0.3) is 0 Å². The third-order valence-corrected chi connectivity index (χ3v) is 2.49. The minimum atomic E-state index is -0.493. The van der Waals surface area contributed by atoms with Crippen LogP contribution in [0.5, 0.6) is 0 Å². The van der Waals surface area contributed by atoms with E-state index < -0.39 is 11.9 Å². The van der Waals surface area contributed by atoms with E-state index in [1.807, 2.05) is 0 Å². The first kappa shape index (κ1) is 15.3. The third-order valence-electron chi connectivity index (χ3n) is 2.49. The van der Waals surface area contributed by atoms with Crippen molar-refractivity contribution >= 4 is 35.5 Å². The molecular weight excluding hydrogens is 260 g/mol. The number of hydrogen-bond acceptors (Lipinski definition) is 6. The second-order valence-electron chi connectivity index (χ2n) is 3.82. The molecule has 0 aliphatic carbocycles. The van der Waals surface area contributed by atoms with Gasteiger partial charge in [0.05, 0.1) is 14.2 Å². The average Bonchev–Trinajstić information content (AvgIpc) is 2.44. The van der Waals surface area contributed by atoms with Gasteiger partial charge < -0.3 is 20.9 Å². The van der Waals surface area contributed by atoms with Crippen LogP contribution in [0.15, 0.2) is 24.3 Å². The lowest BCUT2D eigenvalue weighted by Gasteiger charge is -2.06. The number of carbonyl (C=O) groups excluding carboxylic acids is 2. The van der Waals surface area contributed by atoms with Gasteiger partial charge in [0.1, 0.15) is 0 Å². The molecule has 1 aromatic rings. The van der Waals surface area contributed by atoms with Gasteiger partial charge in [-0.3, -0.25) is 0 Å². The van der Waals surface area contributed by atoms with Gasteiger partial charge in [-0.2, -0.15) is 0 Å². The molecular formula is C14H16N2O4. The molecule has 0 fully saturated rings. The second kappa shape index (κ2) is 6.98. The van der Waals surface area contributed by atoms with E-state index in [0.717, 1.165) is 0 Å². The van der Waals surface area contributed by atoms with Crippen molar-refractivity contribution in [2.24, 2.45) is 0 Å². The maximum atomic E-state index is 11.1. The summed E-state index contributed by atoms with van der Waals surface area (Å²) in [5.41, 5.74) is 13.6. The van der Waals surface area contributed by atoms with E-state index in [4.69, 9.17) is 11.5 Å². The molecule has 0 spiro atoms. The third kappa shape index (κ3) is 4.16. The molecule has 0 saturated heterocycles. The largest absolute Gasteiger partial charge is 0.466 e. The number of rotatable bonds is 4. The van der Waals surface area contributed by atoms with Crippen molar-refractivity contribution in [1.82, 2.24) is 0 Å². The van der Waals surface area contributed by atoms with Crippen LogP contribution < -0.4 is 11.5 Å². The normalized spacial score (nSPS) is 10.9. The molecule has 0 heterocycles.